The van der Waals surface area contributed by atoms with Gasteiger partial charge in [-0.2, -0.15) is 12.8 Å². The number of ketones is 1. The number of rotatable bonds is 3. The van der Waals surface area contributed by atoms with E-state index in [1.165, 1.54) is 31.4 Å². The molecule has 0 radical (unpaired) electrons. The van der Waals surface area contributed by atoms with Gasteiger partial charge in [-0.15, -0.1) is 0 Å². The van der Waals surface area contributed by atoms with Crippen molar-refractivity contribution < 1.29 is 17.9 Å². The Morgan fingerprint density at radius 3 is 2.22 bits per heavy atom. The Morgan fingerprint density at radius 1 is 0.913 bits per heavy atom. The Hall–Kier alpha value is -2.73. The zero-order valence-electron chi connectivity index (χ0n) is 12.3. The first-order valence-electron chi connectivity index (χ1n) is 6.82. The van der Waals surface area contributed by atoms with E-state index in [1.807, 2.05) is 0 Å². The third kappa shape index (κ3) is 2.93. The van der Waals surface area contributed by atoms with Crippen LogP contribution in [0.15, 0.2) is 70.0 Å². The van der Waals surface area contributed by atoms with Crippen LogP contribution < -0.4 is 4.74 Å². The van der Waals surface area contributed by atoms with E-state index < -0.39 is 10.0 Å². The summed E-state index contributed by atoms with van der Waals surface area (Å²) in [6.07, 6.45) is 2.75. The molecule has 0 saturated carbocycles. The predicted octanol–water partition coefficient (Wildman–Crippen LogP) is 2.63. The number of fused-ring (bicyclic) bond motifs is 1. The fourth-order valence-corrected chi connectivity index (χ4v) is 3.27. The summed E-state index contributed by atoms with van der Waals surface area (Å²) >= 11 is 0. The second-order valence-corrected chi connectivity index (χ2v) is 6.47. The Balaban J connectivity index is 2.06. The lowest BCUT2D eigenvalue weighted by Crippen LogP contribution is -2.14. The van der Waals surface area contributed by atoms with E-state index in [-0.39, 0.29) is 16.4 Å². The third-order valence-electron chi connectivity index (χ3n) is 3.44. The van der Waals surface area contributed by atoms with Gasteiger partial charge in [-0.3, -0.25) is 4.79 Å². The van der Waals surface area contributed by atoms with E-state index in [4.69, 9.17) is 4.74 Å². The number of nitrogens with zero attached hydrogens (tertiary/aromatic N) is 1. The summed E-state index contributed by atoms with van der Waals surface area (Å²) in [6.45, 7) is 0. The minimum absolute atomic E-state index is 0.0635. The molecule has 0 aliphatic heterocycles. The number of allylic oxidation sites excluding steroid dienone is 2. The molecule has 0 spiro atoms. The molecule has 2 aromatic carbocycles. The molecule has 0 atom stereocenters. The van der Waals surface area contributed by atoms with Crippen molar-refractivity contribution in [3.8, 4) is 5.75 Å². The maximum atomic E-state index is 12.4. The maximum absolute atomic E-state index is 12.4. The molecule has 0 amide bonds. The van der Waals surface area contributed by atoms with Crippen molar-refractivity contribution >= 4 is 21.5 Å². The first kappa shape index (κ1) is 15.2. The molecule has 0 N–H and O–H groups in total. The van der Waals surface area contributed by atoms with E-state index in [0.29, 0.717) is 16.9 Å². The van der Waals surface area contributed by atoms with Crippen molar-refractivity contribution in [3.63, 3.8) is 0 Å². The minimum atomic E-state index is -3.88. The number of methoxy groups -OCH3 is 1. The van der Waals surface area contributed by atoms with Gasteiger partial charge in [0.25, 0.3) is 10.0 Å². The molecule has 0 aromatic heterocycles. The molecule has 1 aliphatic carbocycles. The predicted molar refractivity (Wildman–Crippen MR) is 86.6 cm³/mol. The number of carbonyl (C=O) groups excluding carboxylic acids is 1. The zero-order chi connectivity index (χ0) is 16.4. The molecular formula is C17H13NO4S. The summed E-state index contributed by atoms with van der Waals surface area (Å²) < 4.78 is 33.8. The van der Waals surface area contributed by atoms with Gasteiger partial charge in [0.05, 0.1) is 17.7 Å². The quantitative estimate of drug-likeness (QED) is 0.868. The Bertz CT molecular complexity index is 925. The van der Waals surface area contributed by atoms with Crippen molar-refractivity contribution in [2.45, 2.75) is 4.90 Å². The smallest absolute Gasteiger partial charge is 0.282 e. The van der Waals surface area contributed by atoms with E-state index in [2.05, 4.69) is 4.40 Å². The summed E-state index contributed by atoms with van der Waals surface area (Å²) in [5.74, 6) is 0.395. The molecule has 0 unspecified atom stereocenters. The molecule has 23 heavy (non-hydrogen) atoms. The van der Waals surface area contributed by atoms with Crippen LogP contribution in [-0.4, -0.2) is 27.0 Å². The second-order valence-electron chi connectivity index (χ2n) is 4.87. The van der Waals surface area contributed by atoms with Gasteiger partial charge in [0.1, 0.15) is 5.75 Å². The third-order valence-corrected chi connectivity index (χ3v) is 4.74. The molecule has 5 nitrogen and oxygen atoms in total. The lowest BCUT2D eigenvalue weighted by atomic mass is 9.95. The van der Waals surface area contributed by atoms with Crippen LogP contribution in [-0.2, 0) is 10.0 Å². The standard InChI is InChI=1S/C17H13NO4S/c1-22-12-6-8-13(9-7-12)23(20,21)18-16-10-11-17(19)15-5-3-2-4-14(15)16/h2-11H,1H3/b18-16+. The van der Waals surface area contributed by atoms with Crippen LogP contribution in [0, 0.1) is 0 Å². The molecule has 0 saturated heterocycles. The SMILES string of the molecule is COc1ccc(S(=O)(=O)/N=C2\C=CC(=O)c3ccccc32)cc1. The average Bonchev–Trinajstić information content (AvgIpc) is 2.58. The van der Waals surface area contributed by atoms with Crippen molar-refractivity contribution in [3.05, 3.63) is 71.8 Å². The topological polar surface area (TPSA) is 72.8 Å². The van der Waals surface area contributed by atoms with Gasteiger partial charge in [-0.1, -0.05) is 24.3 Å². The average molecular weight is 327 g/mol. The van der Waals surface area contributed by atoms with Gasteiger partial charge in [-0.05, 0) is 36.4 Å². The largest absolute Gasteiger partial charge is 0.497 e. The van der Waals surface area contributed by atoms with E-state index in [1.54, 1.807) is 36.4 Å². The molecule has 0 fully saturated rings. The molecule has 116 valence electrons. The van der Waals surface area contributed by atoms with Crippen molar-refractivity contribution in [1.82, 2.24) is 0 Å². The summed E-state index contributed by atoms with van der Waals surface area (Å²) in [4.78, 5) is 11.9. The molecule has 3 rings (SSSR count). The van der Waals surface area contributed by atoms with Crippen molar-refractivity contribution in [2.75, 3.05) is 7.11 Å². The highest BCUT2D eigenvalue weighted by atomic mass is 32.2. The van der Waals surface area contributed by atoms with Crippen molar-refractivity contribution in [2.24, 2.45) is 4.40 Å². The van der Waals surface area contributed by atoms with E-state index in [9.17, 15) is 13.2 Å². The Kier molecular flexibility index (Phi) is 3.83. The van der Waals surface area contributed by atoms with Crippen LogP contribution in [0.1, 0.15) is 15.9 Å². The molecule has 0 heterocycles. The molecule has 2 aromatic rings. The summed E-state index contributed by atoms with van der Waals surface area (Å²) in [5.41, 5.74) is 1.20. The molecule has 0 bridgehead atoms. The first-order chi connectivity index (χ1) is 11.0. The van der Waals surface area contributed by atoms with E-state index >= 15 is 0 Å². The number of hydrogen-bond acceptors (Lipinski definition) is 4. The maximum Gasteiger partial charge on any atom is 0.282 e. The Morgan fingerprint density at radius 2 is 1.57 bits per heavy atom. The van der Waals surface area contributed by atoms with Crippen LogP contribution in [0.2, 0.25) is 0 Å². The molecule has 6 heteroatoms. The summed E-state index contributed by atoms with van der Waals surface area (Å²) in [7, 11) is -2.37. The lowest BCUT2D eigenvalue weighted by molar-refractivity contribution is 0.104. The van der Waals surface area contributed by atoms with Gasteiger partial charge in [0.2, 0.25) is 0 Å². The van der Waals surface area contributed by atoms with Crippen LogP contribution >= 0.6 is 0 Å². The zero-order valence-corrected chi connectivity index (χ0v) is 13.1. The lowest BCUT2D eigenvalue weighted by Gasteiger charge is -2.11. The number of sulfonamides is 1. The highest BCUT2D eigenvalue weighted by Gasteiger charge is 2.20. The normalized spacial score (nSPS) is 15.5. The minimum Gasteiger partial charge on any atom is -0.497 e. The van der Waals surface area contributed by atoms with Crippen molar-refractivity contribution in [1.29, 1.82) is 0 Å². The molecular weight excluding hydrogens is 314 g/mol. The number of benzene rings is 2. The van der Waals surface area contributed by atoms with Crippen LogP contribution in [0.5, 0.6) is 5.75 Å². The van der Waals surface area contributed by atoms with Crippen LogP contribution in [0.3, 0.4) is 0 Å². The molecule has 1 aliphatic rings. The first-order valence-corrected chi connectivity index (χ1v) is 8.26. The second kappa shape index (κ2) is 5.81. The number of hydrogen-bond donors (Lipinski definition) is 0. The van der Waals surface area contributed by atoms with Gasteiger partial charge >= 0.3 is 0 Å². The summed E-state index contributed by atoms with van der Waals surface area (Å²) in [5, 5.41) is 0. The highest BCUT2D eigenvalue weighted by molar-refractivity contribution is 7.90. The monoisotopic (exact) mass is 327 g/mol. The van der Waals surface area contributed by atoms with Gasteiger partial charge < -0.3 is 4.74 Å². The highest BCUT2D eigenvalue weighted by Crippen LogP contribution is 2.21. The fraction of sp³-hybridized carbons (Fsp3) is 0.0588. The van der Waals surface area contributed by atoms with Crippen LogP contribution in [0.4, 0.5) is 0 Å². The van der Waals surface area contributed by atoms with Gasteiger partial charge in [0.15, 0.2) is 5.78 Å². The van der Waals surface area contributed by atoms with E-state index in [0.717, 1.165) is 0 Å². The van der Waals surface area contributed by atoms with Gasteiger partial charge in [-0.25, -0.2) is 0 Å². The summed E-state index contributed by atoms with van der Waals surface area (Å²) in [6, 6.07) is 12.8. The van der Waals surface area contributed by atoms with Gasteiger partial charge in [0, 0.05) is 11.1 Å². The fourth-order valence-electron chi connectivity index (χ4n) is 2.26. The number of ether oxygens (including phenoxy) is 1. The van der Waals surface area contributed by atoms with Crippen LogP contribution in [0.25, 0.3) is 0 Å². The number of carbonyl (C=O) groups is 1. The Labute approximate surface area is 134 Å².